The van der Waals surface area contributed by atoms with Crippen molar-refractivity contribution >= 4 is 65.2 Å². The summed E-state index contributed by atoms with van der Waals surface area (Å²) in [6, 6.07) is 12.8. The molecule has 2 nitrogen and oxygen atoms in total. The molecule has 0 aliphatic heterocycles. The zero-order valence-electron chi connectivity index (χ0n) is 37.7. The fourth-order valence-electron chi connectivity index (χ4n) is 6.46. The van der Waals surface area contributed by atoms with Gasteiger partial charge in [-0.25, -0.2) is 0 Å². The minimum atomic E-state index is -0.684. The highest BCUT2D eigenvalue weighted by Crippen LogP contribution is 2.49. The maximum Gasteiger partial charge on any atom is 0.147 e. The third-order valence-corrected chi connectivity index (χ3v) is 8.43. The molecule has 0 amide bonds. The van der Waals surface area contributed by atoms with Crippen molar-refractivity contribution in [2.45, 2.75) is 0 Å². The predicted molar refractivity (Wildman–Crippen MR) is 192 cm³/mol. The summed E-state index contributed by atoms with van der Waals surface area (Å²) in [5.74, 6) is 0.457. The second-order valence-electron chi connectivity index (χ2n) is 10.9. The van der Waals surface area contributed by atoms with Gasteiger partial charge in [-0.2, -0.15) is 0 Å². The Morgan fingerprint density at radius 3 is 2.04 bits per heavy atom. The molecule has 0 unspecified atom stereocenters. The minimum Gasteiger partial charge on any atom is -0.456 e. The van der Waals surface area contributed by atoms with Crippen molar-refractivity contribution in [3.63, 3.8) is 0 Å². The molecule has 2 heteroatoms. The first kappa shape index (κ1) is 15.2. The molecule has 0 spiro atoms. The van der Waals surface area contributed by atoms with E-state index in [2.05, 4.69) is 0 Å². The molecule has 10 rings (SSSR count). The highest BCUT2D eigenvalue weighted by molar-refractivity contribution is 6.27. The summed E-state index contributed by atoms with van der Waals surface area (Å²) in [5, 5.41) is 0.558. The zero-order chi connectivity index (χ0) is 42.4. The average Bonchev–Trinajstić information content (AvgIpc) is 3.86. The molecule has 2 aromatic heterocycles. The van der Waals surface area contributed by atoms with Gasteiger partial charge in [-0.3, -0.25) is 0 Å². The first-order chi connectivity index (χ1) is 28.6. The minimum absolute atomic E-state index is 0.0558. The van der Waals surface area contributed by atoms with Crippen LogP contribution >= 0.6 is 0 Å². The van der Waals surface area contributed by atoms with Crippen molar-refractivity contribution in [3.05, 3.63) is 157 Å². The number of fused-ring (bicyclic) bond motifs is 8. The van der Waals surface area contributed by atoms with Gasteiger partial charge in [0.2, 0.25) is 0 Å². The fraction of sp³-hybridized carbons (Fsp3) is 0. The molecule has 0 N–H and O–H groups in total. The summed E-state index contributed by atoms with van der Waals surface area (Å²) < 4.78 is 139. The van der Waals surface area contributed by atoms with Gasteiger partial charge < -0.3 is 8.83 Å². The fourth-order valence-corrected chi connectivity index (χ4v) is 6.46. The summed E-state index contributed by atoms with van der Waals surface area (Å²) in [4.78, 5) is 0. The van der Waals surface area contributed by atoms with E-state index in [9.17, 15) is 6.85 Å². The molecule has 0 atom stereocenters. The molecule has 0 radical (unpaired) electrons. The lowest BCUT2D eigenvalue weighted by atomic mass is 9.84. The van der Waals surface area contributed by atoms with Gasteiger partial charge in [0.25, 0.3) is 0 Å². The topological polar surface area (TPSA) is 26.3 Å². The quantitative estimate of drug-likeness (QED) is 0.189. The van der Waals surface area contributed by atoms with Crippen molar-refractivity contribution in [1.29, 1.82) is 0 Å². The van der Waals surface area contributed by atoms with Gasteiger partial charge in [-0.15, -0.1) is 0 Å². The van der Waals surface area contributed by atoms with Crippen LogP contribution in [-0.4, -0.2) is 0 Å². The van der Waals surface area contributed by atoms with Crippen LogP contribution in [0.2, 0.25) is 0 Å². The number of rotatable bonds is 3. The van der Waals surface area contributed by atoms with E-state index >= 15 is 0 Å². The van der Waals surface area contributed by atoms with E-state index in [-0.39, 0.29) is 43.4 Å². The first-order valence-electron chi connectivity index (χ1n) is 21.5. The third-order valence-electron chi connectivity index (χ3n) is 8.43. The van der Waals surface area contributed by atoms with E-state index in [0.717, 1.165) is 10.9 Å². The molecule has 0 saturated heterocycles. The van der Waals surface area contributed by atoms with Gasteiger partial charge >= 0.3 is 0 Å². The van der Waals surface area contributed by atoms with Crippen LogP contribution in [0.4, 0.5) is 0 Å². The SMILES string of the molecule is [2H]c1cc2c(-c3c([2H])c([2H])c4c([2H])c([2H])c([2H])c([2H])c4c3[2H])c3c([2H])c([2H])c([2H])c([2H])c3c(-c3cc4oc5ccccc5c4c4oc(-c5ccccc5)cc34)c2c([2H])c1[2H]. The normalized spacial score (nSPS) is 16.2. The summed E-state index contributed by atoms with van der Waals surface area (Å²) in [7, 11) is 0. The van der Waals surface area contributed by atoms with Gasteiger partial charge in [0.15, 0.2) is 0 Å². The number of hydrogen-bond donors (Lipinski definition) is 0. The Morgan fingerprint density at radius 1 is 0.457 bits per heavy atom. The predicted octanol–water partition coefficient (Wildman–Crippen LogP) is 12.8. The van der Waals surface area contributed by atoms with Crippen molar-refractivity contribution in [1.82, 2.24) is 0 Å². The molecule has 214 valence electrons. The lowest BCUT2D eigenvalue weighted by Crippen LogP contribution is -1.91. The van der Waals surface area contributed by atoms with Crippen LogP contribution in [0.25, 0.3) is 98.8 Å². The van der Waals surface area contributed by atoms with Crippen molar-refractivity contribution in [2.24, 2.45) is 0 Å². The largest absolute Gasteiger partial charge is 0.456 e. The van der Waals surface area contributed by atoms with Crippen LogP contribution < -0.4 is 0 Å². The van der Waals surface area contributed by atoms with Crippen molar-refractivity contribution in [2.75, 3.05) is 0 Å². The molecule has 0 aliphatic rings. The molecule has 8 aromatic carbocycles. The molecular weight excluding hydrogens is 560 g/mol. The maximum absolute atomic E-state index is 9.50. The van der Waals surface area contributed by atoms with Crippen LogP contribution in [0.5, 0.6) is 0 Å². The van der Waals surface area contributed by atoms with Crippen LogP contribution in [-0.2, 0) is 0 Å². The monoisotopic (exact) mass is 600 g/mol. The van der Waals surface area contributed by atoms with E-state index in [0.29, 0.717) is 38.8 Å². The Labute approximate surface area is 284 Å². The standard InChI is InChI=1S/C44H26O2/c1-2-13-28(14-3-1)39-26-37-36(25-40-43(44(37)46-39)35-20-10-11-21-38(35)45-40)42-33-18-8-6-16-31(33)41(32-17-7-9-19-34(32)42)30-23-22-27-12-4-5-15-29(27)24-30/h1-26H/i4D,5D,6D,7D,8D,9D,12D,15D,16D,18D,19D,22D,23D,24D. The van der Waals surface area contributed by atoms with Gasteiger partial charge in [0.05, 0.1) is 24.6 Å². The highest BCUT2D eigenvalue weighted by atomic mass is 16.3. The summed E-state index contributed by atoms with van der Waals surface area (Å²) in [6.07, 6.45) is 0. The second kappa shape index (κ2) is 9.69. The van der Waals surface area contributed by atoms with E-state index in [1.807, 2.05) is 48.5 Å². The van der Waals surface area contributed by atoms with Crippen molar-refractivity contribution in [3.8, 4) is 33.6 Å². The van der Waals surface area contributed by atoms with Crippen LogP contribution in [0.1, 0.15) is 19.2 Å². The van der Waals surface area contributed by atoms with Crippen LogP contribution in [0, 0.1) is 0 Å². The molecular formula is C44H26O2. The summed E-state index contributed by atoms with van der Waals surface area (Å²) in [6.45, 7) is 0. The maximum atomic E-state index is 9.50. The number of para-hydroxylation sites is 1. The summed E-state index contributed by atoms with van der Waals surface area (Å²) >= 11 is 0. The van der Waals surface area contributed by atoms with Gasteiger partial charge in [-0.05, 0) is 78.8 Å². The van der Waals surface area contributed by atoms with E-state index < -0.39 is 90.2 Å². The molecule has 0 saturated carbocycles. The van der Waals surface area contributed by atoms with Crippen LogP contribution in [0.3, 0.4) is 0 Å². The Bertz CT molecular complexity index is 3590. The average molecular weight is 601 g/mol. The Kier molecular flexibility index (Phi) is 3.21. The first-order valence-corrected chi connectivity index (χ1v) is 14.5. The smallest absolute Gasteiger partial charge is 0.147 e. The highest BCUT2D eigenvalue weighted by Gasteiger charge is 2.23. The third kappa shape index (κ3) is 3.65. The van der Waals surface area contributed by atoms with Gasteiger partial charge in [0, 0.05) is 16.3 Å². The van der Waals surface area contributed by atoms with Gasteiger partial charge in [-0.1, -0.05) is 133 Å². The molecule has 2 heterocycles. The Morgan fingerprint density at radius 2 is 1.17 bits per heavy atom. The second-order valence-corrected chi connectivity index (χ2v) is 10.9. The molecule has 46 heavy (non-hydrogen) atoms. The molecule has 0 fully saturated rings. The lowest BCUT2D eigenvalue weighted by Gasteiger charge is -2.18. The number of benzene rings is 8. The van der Waals surface area contributed by atoms with Crippen molar-refractivity contribution < 1.29 is 28.0 Å². The summed E-state index contributed by atoms with van der Waals surface area (Å²) in [5.41, 5.74) is 1.71. The van der Waals surface area contributed by atoms with E-state index in [1.165, 1.54) is 6.07 Å². The number of furan rings is 2. The molecule has 10 aromatic rings. The molecule has 0 aliphatic carbocycles. The molecule has 0 bridgehead atoms. The lowest BCUT2D eigenvalue weighted by molar-refractivity contribution is 0.633. The van der Waals surface area contributed by atoms with E-state index in [1.54, 1.807) is 18.2 Å². The van der Waals surface area contributed by atoms with Crippen LogP contribution in [0.15, 0.2) is 166 Å². The Hall–Kier alpha value is -6.12. The zero-order valence-corrected chi connectivity index (χ0v) is 23.7. The van der Waals surface area contributed by atoms with E-state index in [4.69, 9.17) is 21.2 Å². The number of hydrogen-bond acceptors (Lipinski definition) is 2. The van der Waals surface area contributed by atoms with Gasteiger partial charge in [0.1, 0.15) is 22.5 Å². The Balaban J connectivity index is 1.50.